The van der Waals surface area contributed by atoms with E-state index in [-0.39, 0.29) is 0 Å². The lowest BCUT2D eigenvalue weighted by atomic mass is 10.1. The molecule has 2 aromatic rings. The van der Waals surface area contributed by atoms with E-state index in [1.165, 1.54) is 19.3 Å². The van der Waals surface area contributed by atoms with Crippen LogP contribution in [0, 0.1) is 6.92 Å². The van der Waals surface area contributed by atoms with Crippen LogP contribution >= 0.6 is 11.3 Å². The second-order valence-corrected chi connectivity index (χ2v) is 6.69. The summed E-state index contributed by atoms with van der Waals surface area (Å²) in [6.45, 7) is 7.61. The normalized spacial score (nSPS) is 10.7. The summed E-state index contributed by atoms with van der Waals surface area (Å²) in [7, 11) is 1.89. The minimum absolute atomic E-state index is 0.624. The molecule has 4 nitrogen and oxygen atoms in total. The number of hydrogen-bond donors (Lipinski definition) is 1. The van der Waals surface area contributed by atoms with E-state index < -0.39 is 0 Å². The van der Waals surface area contributed by atoms with Gasteiger partial charge in [0, 0.05) is 7.05 Å². The van der Waals surface area contributed by atoms with Gasteiger partial charge in [-0.15, -0.1) is 0 Å². The van der Waals surface area contributed by atoms with Crippen LogP contribution < -0.4 is 14.8 Å². The van der Waals surface area contributed by atoms with Gasteiger partial charge >= 0.3 is 0 Å². The first-order chi connectivity index (χ1) is 11.7. The Hall–Kier alpha value is -1.75. The van der Waals surface area contributed by atoms with Gasteiger partial charge in [-0.05, 0) is 44.0 Å². The maximum Gasteiger partial charge on any atom is 0.183 e. The Kier molecular flexibility index (Phi) is 7.37. The number of rotatable bonds is 10. The highest BCUT2D eigenvalue weighted by molar-refractivity contribution is 7.19. The molecule has 2 rings (SSSR count). The van der Waals surface area contributed by atoms with Crippen LogP contribution in [0.5, 0.6) is 11.5 Å². The quantitative estimate of drug-likeness (QED) is 0.574. The largest absolute Gasteiger partial charge is 0.490 e. The highest BCUT2D eigenvalue weighted by Gasteiger charge is 2.13. The third kappa shape index (κ3) is 4.87. The van der Waals surface area contributed by atoms with Gasteiger partial charge in [0.25, 0.3) is 0 Å². The molecule has 0 fully saturated rings. The summed E-state index contributed by atoms with van der Waals surface area (Å²) >= 11 is 1.65. The molecule has 5 heteroatoms. The Morgan fingerprint density at radius 1 is 1.08 bits per heavy atom. The minimum Gasteiger partial charge on any atom is -0.490 e. The summed E-state index contributed by atoms with van der Waals surface area (Å²) in [6.07, 6.45) is 4.80. The van der Waals surface area contributed by atoms with E-state index in [9.17, 15) is 0 Å². The van der Waals surface area contributed by atoms with Crippen molar-refractivity contribution in [3.05, 3.63) is 23.9 Å². The first-order valence-corrected chi connectivity index (χ1v) is 9.56. The molecule has 0 unspecified atom stereocenters. The zero-order valence-electron chi connectivity index (χ0n) is 15.1. The van der Waals surface area contributed by atoms with Crippen LogP contribution in [-0.4, -0.2) is 25.2 Å². The van der Waals surface area contributed by atoms with Gasteiger partial charge < -0.3 is 14.8 Å². The van der Waals surface area contributed by atoms with Crippen molar-refractivity contribution >= 4 is 16.5 Å². The zero-order valence-corrected chi connectivity index (χ0v) is 16.0. The third-order valence-corrected chi connectivity index (χ3v) is 5.00. The number of anilines is 1. The van der Waals surface area contributed by atoms with Gasteiger partial charge in [0.2, 0.25) is 0 Å². The van der Waals surface area contributed by atoms with Crippen LogP contribution in [0.2, 0.25) is 0 Å². The molecule has 1 heterocycles. The van der Waals surface area contributed by atoms with Crippen molar-refractivity contribution in [3.63, 3.8) is 0 Å². The number of thiazole rings is 1. The average molecular weight is 349 g/mol. The molecule has 0 atom stereocenters. The lowest BCUT2D eigenvalue weighted by Crippen LogP contribution is -2.01. The summed E-state index contributed by atoms with van der Waals surface area (Å²) in [6, 6.07) is 6.16. The topological polar surface area (TPSA) is 43.4 Å². The maximum absolute atomic E-state index is 5.93. The van der Waals surface area contributed by atoms with Gasteiger partial charge in [-0.25, -0.2) is 4.98 Å². The Morgan fingerprint density at radius 2 is 1.92 bits per heavy atom. The van der Waals surface area contributed by atoms with E-state index in [4.69, 9.17) is 9.47 Å². The second-order valence-electron chi connectivity index (χ2n) is 5.69. The first-order valence-electron chi connectivity index (χ1n) is 8.74. The molecule has 1 aromatic carbocycles. The molecule has 0 amide bonds. The zero-order chi connectivity index (χ0) is 17.4. The molecule has 0 saturated heterocycles. The lowest BCUT2D eigenvalue weighted by Gasteiger charge is -2.13. The number of aromatic nitrogens is 1. The Morgan fingerprint density at radius 3 is 2.58 bits per heavy atom. The molecule has 1 aromatic heterocycles. The smallest absolute Gasteiger partial charge is 0.183 e. The van der Waals surface area contributed by atoms with E-state index in [0.29, 0.717) is 6.61 Å². The molecule has 0 aliphatic heterocycles. The van der Waals surface area contributed by atoms with Crippen molar-refractivity contribution < 1.29 is 9.47 Å². The van der Waals surface area contributed by atoms with Crippen LogP contribution in [0.25, 0.3) is 10.4 Å². The molecule has 0 radical (unpaired) electrons. The van der Waals surface area contributed by atoms with Gasteiger partial charge in [0.05, 0.1) is 23.8 Å². The monoisotopic (exact) mass is 348 g/mol. The second kappa shape index (κ2) is 9.52. The van der Waals surface area contributed by atoms with Crippen LogP contribution in [0.3, 0.4) is 0 Å². The molecule has 24 heavy (non-hydrogen) atoms. The van der Waals surface area contributed by atoms with Gasteiger partial charge in [-0.2, -0.15) is 0 Å². The van der Waals surface area contributed by atoms with Gasteiger partial charge in [-0.1, -0.05) is 37.5 Å². The van der Waals surface area contributed by atoms with Crippen molar-refractivity contribution in [3.8, 4) is 21.9 Å². The van der Waals surface area contributed by atoms with Crippen molar-refractivity contribution in [2.75, 3.05) is 25.6 Å². The molecule has 1 N–H and O–H groups in total. The Balaban J connectivity index is 2.14. The number of benzene rings is 1. The predicted octanol–water partition coefficient (Wildman–Crippen LogP) is 5.52. The number of aryl methyl sites for hydroxylation is 1. The fraction of sp³-hybridized carbons (Fsp3) is 0.526. The van der Waals surface area contributed by atoms with E-state index in [2.05, 4.69) is 29.4 Å². The molecule has 0 aliphatic carbocycles. The van der Waals surface area contributed by atoms with E-state index in [0.717, 1.165) is 45.8 Å². The molecular formula is C19H28N2O2S. The number of nitrogens with zero attached hydrogens (tertiary/aromatic N) is 1. The van der Waals surface area contributed by atoms with E-state index in [1.807, 2.05) is 27.0 Å². The minimum atomic E-state index is 0.624. The lowest BCUT2D eigenvalue weighted by molar-refractivity contribution is 0.270. The number of ether oxygens (including phenoxy) is 2. The van der Waals surface area contributed by atoms with Crippen molar-refractivity contribution in [1.29, 1.82) is 0 Å². The Labute approximate surface area is 149 Å². The molecule has 0 aliphatic rings. The first kappa shape index (κ1) is 18.6. The highest BCUT2D eigenvalue weighted by atomic mass is 32.1. The van der Waals surface area contributed by atoms with E-state index in [1.54, 1.807) is 11.3 Å². The molecule has 0 saturated carbocycles. The molecule has 0 spiro atoms. The summed E-state index contributed by atoms with van der Waals surface area (Å²) in [5, 5.41) is 4.03. The van der Waals surface area contributed by atoms with Crippen LogP contribution in [0.1, 0.15) is 45.2 Å². The maximum atomic E-state index is 5.93. The number of unbranched alkanes of at least 4 members (excludes halogenated alkanes) is 3. The van der Waals surface area contributed by atoms with Crippen LogP contribution in [-0.2, 0) is 0 Å². The van der Waals surface area contributed by atoms with Crippen molar-refractivity contribution in [2.24, 2.45) is 0 Å². The van der Waals surface area contributed by atoms with Crippen molar-refractivity contribution in [1.82, 2.24) is 4.98 Å². The summed E-state index contributed by atoms with van der Waals surface area (Å²) in [5.74, 6) is 1.64. The number of nitrogens with one attached hydrogen (secondary N) is 1. The summed E-state index contributed by atoms with van der Waals surface area (Å²) in [4.78, 5) is 5.68. The third-order valence-electron chi connectivity index (χ3n) is 3.77. The Bertz CT molecular complexity index is 640. The molecule has 0 bridgehead atoms. The molecule has 132 valence electrons. The highest BCUT2D eigenvalue weighted by Crippen LogP contribution is 2.38. The predicted molar refractivity (Wildman–Crippen MR) is 103 cm³/mol. The SMILES string of the molecule is CCCCCCOc1ccc(-c2sc(NC)nc2C)cc1OCC. The molecular weight excluding hydrogens is 320 g/mol. The van der Waals surface area contributed by atoms with Crippen molar-refractivity contribution in [2.45, 2.75) is 46.5 Å². The standard InChI is InChI=1S/C19H28N2O2S/c1-5-7-8-9-12-23-16-11-10-15(13-17(16)22-6-2)18-14(3)21-19(20-4)24-18/h10-11,13H,5-9,12H2,1-4H3,(H,20,21). The van der Waals surface area contributed by atoms with Gasteiger partial charge in [-0.3, -0.25) is 0 Å². The van der Waals surface area contributed by atoms with Crippen LogP contribution in [0.15, 0.2) is 18.2 Å². The van der Waals surface area contributed by atoms with E-state index >= 15 is 0 Å². The van der Waals surface area contributed by atoms with Gasteiger partial charge in [0.15, 0.2) is 16.6 Å². The summed E-state index contributed by atoms with van der Waals surface area (Å²) < 4.78 is 11.7. The average Bonchev–Trinajstić information content (AvgIpc) is 2.97. The van der Waals surface area contributed by atoms with Crippen LogP contribution in [0.4, 0.5) is 5.13 Å². The van der Waals surface area contributed by atoms with Gasteiger partial charge in [0.1, 0.15) is 0 Å². The fourth-order valence-electron chi connectivity index (χ4n) is 2.52. The fourth-order valence-corrected chi connectivity index (χ4v) is 3.44. The summed E-state index contributed by atoms with van der Waals surface area (Å²) in [5.41, 5.74) is 2.15. The number of hydrogen-bond acceptors (Lipinski definition) is 5.